The third kappa shape index (κ3) is 4.41. The molecule has 3 aromatic rings. The molecule has 3 atom stereocenters. The Morgan fingerprint density at radius 1 is 1.14 bits per heavy atom. The third-order valence-corrected chi connectivity index (χ3v) is 7.69. The number of benzene rings is 2. The van der Waals surface area contributed by atoms with Gasteiger partial charge in [-0.1, -0.05) is 56.2 Å². The Balaban J connectivity index is 2.54. The van der Waals surface area contributed by atoms with Gasteiger partial charge in [0.15, 0.2) is 0 Å². The summed E-state index contributed by atoms with van der Waals surface area (Å²) in [4.78, 5) is 27.2. The van der Waals surface area contributed by atoms with Crippen LogP contribution in [-0.4, -0.2) is 31.2 Å². The van der Waals surface area contributed by atoms with Crippen molar-refractivity contribution in [2.75, 3.05) is 0 Å². The molecule has 0 bridgehead atoms. The van der Waals surface area contributed by atoms with Gasteiger partial charge in [-0.05, 0) is 54.7 Å². The van der Waals surface area contributed by atoms with Crippen LogP contribution in [0.15, 0.2) is 54.6 Å². The molecule has 0 radical (unpaired) electrons. The summed E-state index contributed by atoms with van der Waals surface area (Å²) < 4.78 is 26.6. The molecule has 2 aromatic carbocycles. The molecule has 0 saturated heterocycles. The highest BCUT2D eigenvalue weighted by Crippen LogP contribution is 2.52. The second kappa shape index (κ2) is 9.75. The van der Waals surface area contributed by atoms with Crippen molar-refractivity contribution in [1.82, 2.24) is 4.98 Å². The standard InChI is InChI=1S/C27H27FNO5P/c1-6-27(25(30)31,35(33)34)26(5,32)23-20(19-12-13-21(28)17(4)14-19)15-22(29-24(23)16(2)3)18-10-8-7-9-11-18/h1,7-16,32,35H,2-5H3,(H,30,31)(H,33,34). The third-order valence-electron chi connectivity index (χ3n) is 6.21. The molecule has 0 aliphatic rings. The molecule has 35 heavy (non-hydrogen) atoms. The molecular formula is C27H27FNO5P. The van der Waals surface area contributed by atoms with E-state index in [2.05, 4.69) is 0 Å². The molecule has 0 fully saturated rings. The van der Waals surface area contributed by atoms with Crippen LogP contribution in [-0.2, 0) is 15.0 Å². The van der Waals surface area contributed by atoms with E-state index in [-0.39, 0.29) is 11.5 Å². The molecule has 3 unspecified atom stereocenters. The lowest BCUT2D eigenvalue weighted by atomic mass is 9.76. The molecule has 3 rings (SSSR count). The summed E-state index contributed by atoms with van der Waals surface area (Å²) in [6.07, 6.45) is 5.52. The van der Waals surface area contributed by atoms with E-state index in [0.717, 1.165) is 12.5 Å². The first-order valence-corrected chi connectivity index (χ1v) is 12.3. The minimum Gasteiger partial charge on any atom is -0.480 e. The number of carboxylic acids is 1. The van der Waals surface area contributed by atoms with Gasteiger partial charge in [-0.3, -0.25) is 9.55 Å². The molecule has 0 aliphatic heterocycles. The maximum atomic E-state index is 14.1. The van der Waals surface area contributed by atoms with Crippen LogP contribution in [0.2, 0.25) is 0 Å². The number of carboxylic acid groups (broad SMARTS) is 1. The van der Waals surface area contributed by atoms with Gasteiger partial charge in [0.2, 0.25) is 13.2 Å². The van der Waals surface area contributed by atoms with Crippen LogP contribution in [0.3, 0.4) is 0 Å². The fraction of sp³-hybridized carbons (Fsp3) is 0.259. The predicted molar refractivity (Wildman–Crippen MR) is 134 cm³/mol. The maximum Gasteiger partial charge on any atom is 0.335 e. The summed E-state index contributed by atoms with van der Waals surface area (Å²) >= 11 is 0. The maximum absolute atomic E-state index is 14.1. The molecule has 182 valence electrons. The Morgan fingerprint density at radius 2 is 1.77 bits per heavy atom. The fourth-order valence-electron chi connectivity index (χ4n) is 4.25. The van der Waals surface area contributed by atoms with Crippen molar-refractivity contribution >= 4 is 14.0 Å². The SMILES string of the molecule is C#CC(C(=O)O)([PH](=O)O)C(C)(O)c1c(-c2ccc(F)c(C)c2)cc(-c2ccccc2)nc1C(C)C. The summed E-state index contributed by atoms with van der Waals surface area (Å²) in [6, 6.07) is 15.2. The van der Waals surface area contributed by atoms with Crippen LogP contribution in [0.4, 0.5) is 4.39 Å². The topological polar surface area (TPSA) is 108 Å². The van der Waals surface area contributed by atoms with Gasteiger partial charge in [0.25, 0.3) is 0 Å². The van der Waals surface area contributed by atoms with Gasteiger partial charge < -0.3 is 15.1 Å². The summed E-state index contributed by atoms with van der Waals surface area (Å²) in [5.41, 5.74) is 0.215. The van der Waals surface area contributed by atoms with Gasteiger partial charge in [0.1, 0.15) is 11.4 Å². The minimum absolute atomic E-state index is 0.00550. The number of carbonyl (C=O) groups is 1. The van der Waals surface area contributed by atoms with E-state index in [1.165, 1.54) is 12.1 Å². The molecule has 8 heteroatoms. The van der Waals surface area contributed by atoms with E-state index in [0.29, 0.717) is 28.1 Å². The van der Waals surface area contributed by atoms with Gasteiger partial charge >= 0.3 is 5.97 Å². The number of aliphatic carboxylic acids is 1. The Kier molecular flexibility index (Phi) is 7.33. The van der Waals surface area contributed by atoms with Crippen molar-refractivity contribution in [3.63, 3.8) is 0 Å². The van der Waals surface area contributed by atoms with E-state index >= 15 is 0 Å². The molecule has 0 amide bonds. The number of hydrogen-bond donors (Lipinski definition) is 3. The highest BCUT2D eigenvalue weighted by molar-refractivity contribution is 7.42. The van der Waals surface area contributed by atoms with Gasteiger partial charge in [-0.2, -0.15) is 0 Å². The molecule has 1 aromatic heterocycles. The second-order valence-electron chi connectivity index (χ2n) is 8.88. The Hall–Kier alpha value is -3.30. The zero-order chi connectivity index (χ0) is 26.1. The van der Waals surface area contributed by atoms with E-state index in [1.807, 2.05) is 36.3 Å². The van der Waals surface area contributed by atoms with Crippen LogP contribution in [0, 0.1) is 25.1 Å². The lowest BCUT2D eigenvalue weighted by Crippen LogP contribution is -2.53. The number of terminal acetylenes is 1. The van der Waals surface area contributed by atoms with Crippen molar-refractivity contribution in [3.05, 3.63) is 77.2 Å². The number of pyridine rings is 1. The zero-order valence-corrected chi connectivity index (χ0v) is 20.8. The summed E-state index contributed by atoms with van der Waals surface area (Å²) in [7, 11) is -4.03. The lowest BCUT2D eigenvalue weighted by molar-refractivity contribution is -0.145. The normalized spacial score (nSPS) is 15.6. The van der Waals surface area contributed by atoms with E-state index in [4.69, 9.17) is 11.4 Å². The summed E-state index contributed by atoms with van der Waals surface area (Å²) in [5, 5.41) is 19.0. The molecule has 0 saturated carbocycles. The zero-order valence-electron chi connectivity index (χ0n) is 19.8. The average molecular weight is 495 g/mol. The first kappa shape index (κ1) is 26.3. The van der Waals surface area contributed by atoms with Gasteiger partial charge in [-0.15, -0.1) is 6.42 Å². The van der Waals surface area contributed by atoms with Crippen molar-refractivity contribution < 1.29 is 28.9 Å². The number of rotatable bonds is 7. The lowest BCUT2D eigenvalue weighted by Gasteiger charge is -2.39. The molecule has 0 spiro atoms. The number of aromatic nitrogens is 1. The van der Waals surface area contributed by atoms with Crippen LogP contribution in [0.25, 0.3) is 22.4 Å². The van der Waals surface area contributed by atoms with E-state index in [9.17, 15) is 28.9 Å². The van der Waals surface area contributed by atoms with Crippen LogP contribution >= 0.6 is 8.03 Å². The number of halogens is 1. The largest absolute Gasteiger partial charge is 0.480 e. The van der Waals surface area contributed by atoms with Crippen molar-refractivity contribution in [2.45, 2.75) is 44.4 Å². The second-order valence-corrected chi connectivity index (χ2v) is 10.2. The minimum atomic E-state index is -4.03. The first-order chi connectivity index (χ1) is 16.4. The highest BCUT2D eigenvalue weighted by Gasteiger charge is 2.60. The fourth-order valence-corrected chi connectivity index (χ4v) is 5.10. The first-order valence-electron chi connectivity index (χ1n) is 10.9. The molecular weight excluding hydrogens is 468 g/mol. The van der Waals surface area contributed by atoms with Gasteiger partial charge in [0, 0.05) is 11.1 Å². The number of aliphatic hydroxyl groups is 1. The van der Waals surface area contributed by atoms with E-state index in [1.54, 1.807) is 32.9 Å². The summed E-state index contributed by atoms with van der Waals surface area (Å²) in [5.74, 6) is -0.675. The van der Waals surface area contributed by atoms with Crippen molar-refractivity contribution in [1.29, 1.82) is 0 Å². The molecule has 3 N–H and O–H groups in total. The monoisotopic (exact) mass is 495 g/mol. The number of aryl methyl sites for hydroxylation is 1. The summed E-state index contributed by atoms with van der Waals surface area (Å²) in [6.45, 7) is 6.30. The molecule has 6 nitrogen and oxygen atoms in total. The van der Waals surface area contributed by atoms with Crippen molar-refractivity contribution in [2.24, 2.45) is 0 Å². The van der Waals surface area contributed by atoms with Gasteiger partial charge in [-0.25, -0.2) is 9.18 Å². The van der Waals surface area contributed by atoms with Crippen LogP contribution in [0.1, 0.15) is 43.5 Å². The number of nitrogens with zero attached hydrogens (tertiary/aromatic N) is 1. The van der Waals surface area contributed by atoms with E-state index < -0.39 is 30.6 Å². The number of hydrogen-bond acceptors (Lipinski definition) is 4. The van der Waals surface area contributed by atoms with Crippen molar-refractivity contribution in [3.8, 4) is 34.7 Å². The van der Waals surface area contributed by atoms with Gasteiger partial charge in [0.05, 0.1) is 11.4 Å². The Labute approximate surface area is 204 Å². The van der Waals surface area contributed by atoms with Crippen LogP contribution in [0.5, 0.6) is 0 Å². The molecule has 1 heterocycles. The Morgan fingerprint density at radius 3 is 2.26 bits per heavy atom. The highest BCUT2D eigenvalue weighted by atomic mass is 31.1. The Bertz CT molecular complexity index is 1330. The quantitative estimate of drug-likeness (QED) is 0.310. The smallest absolute Gasteiger partial charge is 0.335 e. The average Bonchev–Trinajstić information content (AvgIpc) is 2.80. The predicted octanol–water partition coefficient (Wildman–Crippen LogP) is 5.12. The van der Waals surface area contributed by atoms with Crippen LogP contribution < -0.4 is 0 Å². The molecule has 0 aliphatic carbocycles.